The number of aliphatic hydroxyl groups excluding tert-OH is 1. The third-order valence-corrected chi connectivity index (χ3v) is 5.77. The van der Waals surface area contributed by atoms with Crippen molar-refractivity contribution in [3.8, 4) is 0 Å². The lowest BCUT2D eigenvalue weighted by Crippen LogP contribution is -2.43. The van der Waals surface area contributed by atoms with Gasteiger partial charge in [-0.25, -0.2) is 0 Å². The Bertz CT molecular complexity index is 984. The summed E-state index contributed by atoms with van der Waals surface area (Å²) in [5.41, 5.74) is 4.79. The maximum atomic E-state index is 10.3. The Morgan fingerprint density at radius 1 is 1.00 bits per heavy atom. The first kappa shape index (κ1) is 16.9. The van der Waals surface area contributed by atoms with E-state index >= 15 is 0 Å². The molecule has 0 amide bonds. The van der Waals surface area contributed by atoms with Gasteiger partial charge in [0.2, 0.25) is 0 Å². The van der Waals surface area contributed by atoms with E-state index in [1.165, 1.54) is 27.5 Å². The molecule has 2 heterocycles. The Balaban J connectivity index is 1.47. The fourth-order valence-corrected chi connectivity index (χ4v) is 4.53. The minimum absolute atomic E-state index is 0.0103. The van der Waals surface area contributed by atoms with Gasteiger partial charge in [-0.1, -0.05) is 54.6 Å². The minimum atomic E-state index is -0.786. The predicted octanol–water partition coefficient (Wildman–Crippen LogP) is 4.67. The summed E-state index contributed by atoms with van der Waals surface area (Å²) in [6.07, 6.45) is 1.64. The molecule has 1 N–H and O–H groups in total. The monoisotopic (exact) mass is 360 g/mol. The number of fused-ring (bicyclic) bond motifs is 3. The maximum absolute atomic E-state index is 10.3. The molecule has 1 saturated heterocycles. The highest BCUT2D eigenvalue weighted by molar-refractivity contribution is 5.83. The first-order valence-corrected chi connectivity index (χ1v) is 9.71. The summed E-state index contributed by atoms with van der Waals surface area (Å²) >= 11 is 0. The topological polar surface area (TPSA) is 38.7 Å². The molecule has 1 fully saturated rings. The molecule has 27 heavy (non-hydrogen) atoms. The van der Waals surface area contributed by atoms with E-state index in [0.717, 1.165) is 12.0 Å². The summed E-state index contributed by atoms with van der Waals surface area (Å²) in [6, 6.07) is 21.6. The highest BCUT2D eigenvalue weighted by Gasteiger charge is 2.47. The molecule has 0 aliphatic carbocycles. The van der Waals surface area contributed by atoms with Crippen LogP contribution in [0.3, 0.4) is 0 Å². The Kier molecular flexibility index (Phi) is 4.05. The van der Waals surface area contributed by atoms with E-state index in [0.29, 0.717) is 19.4 Å². The summed E-state index contributed by atoms with van der Waals surface area (Å²) in [5, 5.41) is 12.8. The van der Waals surface area contributed by atoms with Crippen LogP contribution >= 0.6 is 0 Å². The van der Waals surface area contributed by atoms with Crippen LogP contribution in [0.5, 0.6) is 0 Å². The third kappa shape index (κ3) is 3.06. The van der Waals surface area contributed by atoms with E-state index < -0.39 is 5.79 Å². The zero-order chi connectivity index (χ0) is 18.4. The number of aliphatic hydroxyl groups is 1. The molecule has 3 nitrogen and oxygen atoms in total. The molecule has 3 atom stereocenters. The molecule has 2 aliphatic heterocycles. The quantitative estimate of drug-likeness (QED) is 0.721. The van der Waals surface area contributed by atoms with Crippen LogP contribution < -0.4 is 0 Å². The van der Waals surface area contributed by atoms with Crippen LogP contribution in [0.25, 0.3) is 10.8 Å². The average molecular weight is 360 g/mol. The van der Waals surface area contributed by atoms with Gasteiger partial charge in [0, 0.05) is 12.0 Å². The van der Waals surface area contributed by atoms with Gasteiger partial charge < -0.3 is 14.6 Å². The molecule has 0 bridgehead atoms. The van der Waals surface area contributed by atoms with Crippen LogP contribution in [0.2, 0.25) is 0 Å². The van der Waals surface area contributed by atoms with E-state index in [4.69, 9.17) is 9.47 Å². The van der Waals surface area contributed by atoms with Gasteiger partial charge >= 0.3 is 0 Å². The van der Waals surface area contributed by atoms with Gasteiger partial charge in [-0.2, -0.15) is 0 Å². The van der Waals surface area contributed by atoms with Crippen LogP contribution in [-0.2, 0) is 28.3 Å². The molecule has 0 aromatic heterocycles. The van der Waals surface area contributed by atoms with E-state index in [9.17, 15) is 5.11 Å². The summed E-state index contributed by atoms with van der Waals surface area (Å²) in [5.74, 6) is -0.786. The van der Waals surface area contributed by atoms with Crippen molar-refractivity contribution in [3.63, 3.8) is 0 Å². The van der Waals surface area contributed by atoms with Crippen molar-refractivity contribution < 1.29 is 14.6 Å². The average Bonchev–Trinajstić information content (AvgIpc) is 2.98. The highest BCUT2D eigenvalue weighted by Crippen LogP contribution is 2.45. The summed E-state index contributed by atoms with van der Waals surface area (Å²) in [7, 11) is 0. The van der Waals surface area contributed by atoms with Crippen LogP contribution in [0.4, 0.5) is 0 Å². The number of ether oxygens (including phenoxy) is 2. The largest absolute Gasteiger partial charge is 0.393 e. The zero-order valence-corrected chi connectivity index (χ0v) is 15.5. The summed E-state index contributed by atoms with van der Waals surface area (Å²) in [6.45, 7) is 2.55. The maximum Gasteiger partial charge on any atom is 0.198 e. The molecule has 3 aromatic rings. The Morgan fingerprint density at radius 2 is 1.78 bits per heavy atom. The predicted molar refractivity (Wildman–Crippen MR) is 105 cm³/mol. The standard InChI is InChI=1S/C24H24O3/c1-16-10-22(25)14-24(27-16)23-13-18(7-9-21(23)15-26-24)11-17-6-8-19-4-2-3-5-20(19)12-17/h2-9,12-13,16,22,25H,10-11,14-15H2,1H3/t16-,22+,24-/m1/s1. The van der Waals surface area contributed by atoms with Gasteiger partial charge in [-0.15, -0.1) is 0 Å². The van der Waals surface area contributed by atoms with Gasteiger partial charge in [0.15, 0.2) is 5.79 Å². The number of hydrogen-bond donors (Lipinski definition) is 1. The lowest BCUT2D eigenvalue weighted by Gasteiger charge is -2.39. The normalized spacial score (nSPS) is 27.2. The molecule has 0 unspecified atom stereocenters. The minimum Gasteiger partial charge on any atom is -0.393 e. The van der Waals surface area contributed by atoms with Gasteiger partial charge in [-0.3, -0.25) is 0 Å². The number of benzene rings is 3. The second-order valence-corrected chi connectivity index (χ2v) is 7.91. The summed E-state index contributed by atoms with van der Waals surface area (Å²) in [4.78, 5) is 0. The van der Waals surface area contributed by atoms with Gasteiger partial charge in [-0.05, 0) is 53.3 Å². The van der Waals surface area contributed by atoms with E-state index in [-0.39, 0.29) is 12.2 Å². The van der Waals surface area contributed by atoms with Crippen molar-refractivity contribution in [1.82, 2.24) is 0 Å². The number of rotatable bonds is 2. The molecule has 1 spiro atoms. The van der Waals surface area contributed by atoms with Gasteiger partial charge in [0.25, 0.3) is 0 Å². The van der Waals surface area contributed by atoms with Crippen LogP contribution in [0.1, 0.15) is 42.0 Å². The molecule has 3 aromatic carbocycles. The van der Waals surface area contributed by atoms with E-state index in [2.05, 4.69) is 60.7 Å². The molecular formula is C24H24O3. The Hall–Kier alpha value is -2.20. The summed E-state index contributed by atoms with van der Waals surface area (Å²) < 4.78 is 12.3. The van der Waals surface area contributed by atoms with Crippen LogP contribution in [0, 0.1) is 0 Å². The van der Waals surface area contributed by atoms with Gasteiger partial charge in [0.05, 0.1) is 18.8 Å². The molecule has 0 radical (unpaired) electrons. The highest BCUT2D eigenvalue weighted by atomic mass is 16.7. The molecule has 3 heteroatoms. The molecular weight excluding hydrogens is 336 g/mol. The van der Waals surface area contributed by atoms with E-state index in [1.54, 1.807) is 0 Å². The zero-order valence-electron chi connectivity index (χ0n) is 15.5. The SMILES string of the molecule is C[C@@H]1C[C@H](O)C[C@@]2(OCc3ccc(Cc4ccc5ccccc5c4)cc32)O1. The van der Waals surface area contributed by atoms with Crippen molar-refractivity contribution in [2.75, 3.05) is 0 Å². The second kappa shape index (κ2) is 6.45. The van der Waals surface area contributed by atoms with Crippen LogP contribution in [0.15, 0.2) is 60.7 Å². The fourth-order valence-electron chi connectivity index (χ4n) is 4.53. The van der Waals surface area contributed by atoms with E-state index in [1.807, 2.05) is 6.92 Å². The third-order valence-electron chi connectivity index (χ3n) is 5.77. The Labute approximate surface area is 159 Å². The van der Waals surface area contributed by atoms with Gasteiger partial charge in [0.1, 0.15) is 0 Å². The first-order chi connectivity index (χ1) is 13.1. The molecule has 2 aliphatic rings. The smallest absolute Gasteiger partial charge is 0.198 e. The van der Waals surface area contributed by atoms with Crippen molar-refractivity contribution in [2.45, 2.75) is 50.8 Å². The molecule has 0 saturated carbocycles. The first-order valence-electron chi connectivity index (χ1n) is 9.71. The van der Waals surface area contributed by atoms with Crippen molar-refractivity contribution >= 4 is 10.8 Å². The fraction of sp³-hybridized carbons (Fsp3) is 0.333. The van der Waals surface area contributed by atoms with Crippen molar-refractivity contribution in [2.24, 2.45) is 0 Å². The Morgan fingerprint density at radius 3 is 2.63 bits per heavy atom. The molecule has 5 rings (SSSR count). The number of hydrogen-bond acceptors (Lipinski definition) is 3. The molecule has 138 valence electrons. The van der Waals surface area contributed by atoms with Crippen molar-refractivity contribution in [1.29, 1.82) is 0 Å². The van der Waals surface area contributed by atoms with Crippen molar-refractivity contribution in [3.05, 3.63) is 82.9 Å². The second-order valence-electron chi connectivity index (χ2n) is 7.91. The van der Waals surface area contributed by atoms with Crippen LogP contribution in [-0.4, -0.2) is 17.3 Å². The lowest BCUT2D eigenvalue weighted by atomic mass is 9.90. The lowest BCUT2D eigenvalue weighted by molar-refractivity contribution is -0.295.